The molecular formula is C23H22O6. The number of carboxylic acids is 2. The van der Waals surface area contributed by atoms with Crippen molar-refractivity contribution < 1.29 is 29.4 Å². The number of ketones is 2. The van der Waals surface area contributed by atoms with Crippen molar-refractivity contribution in [3.63, 3.8) is 0 Å². The van der Waals surface area contributed by atoms with Crippen LogP contribution in [-0.4, -0.2) is 33.7 Å². The lowest BCUT2D eigenvalue weighted by molar-refractivity contribution is -0.114. The Hall–Kier alpha value is -3.54. The first kappa shape index (κ1) is 21.8. The van der Waals surface area contributed by atoms with E-state index < -0.39 is 11.9 Å². The molecule has 0 aliphatic heterocycles. The molecule has 3 rings (SSSR count). The van der Waals surface area contributed by atoms with Gasteiger partial charge in [-0.15, -0.1) is 0 Å². The first-order chi connectivity index (χ1) is 13.6. The molecule has 2 aliphatic rings. The molecule has 0 atom stereocenters. The van der Waals surface area contributed by atoms with Gasteiger partial charge in [-0.05, 0) is 47.6 Å². The highest BCUT2D eigenvalue weighted by molar-refractivity contribution is 5.94. The van der Waals surface area contributed by atoms with Gasteiger partial charge in [-0.3, -0.25) is 9.59 Å². The highest BCUT2D eigenvalue weighted by atomic mass is 16.4. The number of benzene rings is 1. The minimum atomic E-state index is -1.06. The predicted molar refractivity (Wildman–Crippen MR) is 108 cm³/mol. The predicted octanol–water partition coefficient (Wildman–Crippen LogP) is 4.01. The highest BCUT2D eigenvalue weighted by Gasteiger charge is 2.27. The monoisotopic (exact) mass is 394 g/mol. The standard InChI is InChI=1S/C15H16O2.C8H6O4/c1-15(2,11-3-7-13(16)8-4-11)12-5-9-14(17)10-6-12;9-7(10)5-1-2-6(4-3-5)8(11)12/h3-7,9H,8,10H2,1-2H3;1-4H,(H,9,10)(H,11,12). The fourth-order valence-corrected chi connectivity index (χ4v) is 2.91. The van der Waals surface area contributed by atoms with Crippen LogP contribution in [0.15, 0.2) is 71.9 Å². The second kappa shape index (κ2) is 9.10. The Labute approximate surface area is 168 Å². The summed E-state index contributed by atoms with van der Waals surface area (Å²) in [4.78, 5) is 43.0. The van der Waals surface area contributed by atoms with E-state index in [1.54, 1.807) is 12.2 Å². The zero-order chi connectivity index (χ0) is 21.6. The Morgan fingerprint density at radius 2 is 1.07 bits per heavy atom. The summed E-state index contributed by atoms with van der Waals surface area (Å²) in [6.07, 6.45) is 12.0. The summed E-state index contributed by atoms with van der Waals surface area (Å²) in [5.41, 5.74) is 2.30. The number of hydrogen-bond acceptors (Lipinski definition) is 4. The molecule has 0 fully saturated rings. The van der Waals surface area contributed by atoms with E-state index >= 15 is 0 Å². The summed E-state index contributed by atoms with van der Waals surface area (Å²) in [6.45, 7) is 4.23. The molecule has 0 spiro atoms. The van der Waals surface area contributed by atoms with Crippen LogP contribution in [0.1, 0.15) is 47.4 Å². The minimum Gasteiger partial charge on any atom is -0.478 e. The van der Waals surface area contributed by atoms with Gasteiger partial charge in [0.15, 0.2) is 11.6 Å². The maximum atomic E-state index is 11.2. The van der Waals surface area contributed by atoms with Crippen molar-refractivity contribution in [3.8, 4) is 0 Å². The van der Waals surface area contributed by atoms with Crippen LogP contribution in [0.2, 0.25) is 0 Å². The molecule has 2 N–H and O–H groups in total. The Morgan fingerprint density at radius 1 is 0.724 bits per heavy atom. The lowest BCUT2D eigenvalue weighted by Crippen LogP contribution is -2.19. The maximum absolute atomic E-state index is 11.2. The largest absolute Gasteiger partial charge is 0.478 e. The average Bonchev–Trinajstić information content (AvgIpc) is 2.69. The number of rotatable bonds is 4. The molecule has 29 heavy (non-hydrogen) atoms. The van der Waals surface area contributed by atoms with Gasteiger partial charge in [0.2, 0.25) is 0 Å². The number of hydrogen-bond donors (Lipinski definition) is 2. The van der Waals surface area contributed by atoms with Crippen molar-refractivity contribution in [1.29, 1.82) is 0 Å². The molecule has 0 unspecified atom stereocenters. The molecule has 0 amide bonds. The van der Waals surface area contributed by atoms with Crippen molar-refractivity contribution in [1.82, 2.24) is 0 Å². The fraction of sp³-hybridized carbons (Fsp3) is 0.217. The zero-order valence-corrected chi connectivity index (χ0v) is 16.2. The molecule has 0 heterocycles. The smallest absolute Gasteiger partial charge is 0.335 e. The number of carbonyl (C=O) groups excluding carboxylic acids is 2. The van der Waals surface area contributed by atoms with Gasteiger partial charge in [-0.25, -0.2) is 9.59 Å². The SMILES string of the molecule is CC(C)(C1=CCC(=O)C=C1)C1=CCC(=O)C=C1.O=C(O)c1ccc(C(=O)O)cc1. The lowest BCUT2D eigenvalue weighted by atomic mass is 9.74. The van der Waals surface area contributed by atoms with Gasteiger partial charge >= 0.3 is 11.9 Å². The van der Waals surface area contributed by atoms with Crippen molar-refractivity contribution in [2.24, 2.45) is 5.41 Å². The average molecular weight is 394 g/mol. The van der Waals surface area contributed by atoms with Gasteiger partial charge in [0.25, 0.3) is 0 Å². The third kappa shape index (κ3) is 5.72. The second-order valence-corrected chi connectivity index (χ2v) is 7.14. The maximum Gasteiger partial charge on any atom is 0.335 e. The third-order valence-electron chi connectivity index (χ3n) is 4.77. The number of aromatic carboxylic acids is 2. The van der Waals surface area contributed by atoms with Crippen molar-refractivity contribution >= 4 is 23.5 Å². The summed E-state index contributed by atoms with van der Waals surface area (Å²) in [5, 5.41) is 16.9. The summed E-state index contributed by atoms with van der Waals surface area (Å²) >= 11 is 0. The van der Waals surface area contributed by atoms with E-state index in [0.717, 1.165) is 11.1 Å². The molecule has 1 aromatic carbocycles. The normalized spacial score (nSPS) is 15.8. The Morgan fingerprint density at radius 3 is 1.31 bits per heavy atom. The van der Waals surface area contributed by atoms with E-state index in [9.17, 15) is 19.2 Å². The molecule has 0 saturated carbocycles. The van der Waals surface area contributed by atoms with Gasteiger partial charge in [0.05, 0.1) is 11.1 Å². The third-order valence-corrected chi connectivity index (χ3v) is 4.77. The molecule has 0 aromatic heterocycles. The van der Waals surface area contributed by atoms with Gasteiger partial charge in [-0.2, -0.15) is 0 Å². The van der Waals surface area contributed by atoms with Gasteiger partial charge in [0, 0.05) is 18.3 Å². The summed E-state index contributed by atoms with van der Waals surface area (Å²) in [7, 11) is 0. The fourth-order valence-electron chi connectivity index (χ4n) is 2.91. The molecule has 0 bridgehead atoms. The van der Waals surface area contributed by atoms with Crippen LogP contribution in [0.3, 0.4) is 0 Å². The lowest BCUT2D eigenvalue weighted by Gasteiger charge is -2.30. The first-order valence-electron chi connectivity index (χ1n) is 9.01. The molecule has 2 aliphatic carbocycles. The molecular weight excluding hydrogens is 372 g/mol. The van der Waals surface area contributed by atoms with Crippen molar-refractivity contribution in [2.75, 3.05) is 0 Å². The summed E-state index contributed by atoms with van der Waals surface area (Å²) in [6, 6.07) is 5.02. The molecule has 150 valence electrons. The summed E-state index contributed by atoms with van der Waals surface area (Å²) < 4.78 is 0. The van der Waals surface area contributed by atoms with Gasteiger partial charge < -0.3 is 10.2 Å². The van der Waals surface area contributed by atoms with E-state index in [0.29, 0.717) is 12.8 Å². The zero-order valence-electron chi connectivity index (χ0n) is 16.2. The van der Waals surface area contributed by atoms with E-state index in [-0.39, 0.29) is 28.1 Å². The van der Waals surface area contributed by atoms with Gasteiger partial charge in [-0.1, -0.05) is 38.2 Å². The van der Waals surface area contributed by atoms with Crippen molar-refractivity contribution in [2.45, 2.75) is 26.7 Å². The van der Waals surface area contributed by atoms with Crippen LogP contribution in [0.4, 0.5) is 0 Å². The summed E-state index contributed by atoms with van der Waals surface area (Å²) in [5.74, 6) is -1.83. The minimum absolute atomic E-state index is 0.0833. The molecule has 0 radical (unpaired) electrons. The Bertz CT molecular complexity index is 879. The quantitative estimate of drug-likeness (QED) is 0.799. The van der Waals surface area contributed by atoms with Crippen LogP contribution < -0.4 is 0 Å². The molecule has 1 aromatic rings. The van der Waals surface area contributed by atoms with E-state index in [1.807, 2.05) is 24.3 Å². The number of carbonyl (C=O) groups is 4. The molecule has 0 saturated heterocycles. The highest BCUT2D eigenvalue weighted by Crippen LogP contribution is 2.38. The topological polar surface area (TPSA) is 109 Å². The van der Waals surface area contributed by atoms with Crippen molar-refractivity contribution in [3.05, 3.63) is 83.0 Å². The second-order valence-electron chi connectivity index (χ2n) is 7.14. The Balaban J connectivity index is 0.000000221. The van der Waals surface area contributed by atoms with Crippen LogP contribution >= 0.6 is 0 Å². The van der Waals surface area contributed by atoms with Crippen LogP contribution in [-0.2, 0) is 9.59 Å². The number of allylic oxidation sites excluding steroid dienone is 8. The van der Waals surface area contributed by atoms with Crippen LogP contribution in [0.5, 0.6) is 0 Å². The van der Waals surface area contributed by atoms with Crippen LogP contribution in [0, 0.1) is 5.41 Å². The van der Waals surface area contributed by atoms with Crippen LogP contribution in [0.25, 0.3) is 0 Å². The van der Waals surface area contributed by atoms with Gasteiger partial charge in [0.1, 0.15) is 0 Å². The molecule has 6 nitrogen and oxygen atoms in total. The van der Waals surface area contributed by atoms with E-state index in [4.69, 9.17) is 10.2 Å². The van der Waals surface area contributed by atoms with E-state index in [2.05, 4.69) is 13.8 Å². The molecule has 6 heteroatoms. The Kier molecular flexibility index (Phi) is 6.83. The number of carboxylic acid groups (broad SMARTS) is 2. The first-order valence-corrected chi connectivity index (χ1v) is 9.01. The van der Waals surface area contributed by atoms with E-state index in [1.165, 1.54) is 24.3 Å².